The van der Waals surface area contributed by atoms with Gasteiger partial charge in [0.05, 0.1) is 13.7 Å². The van der Waals surface area contributed by atoms with Crippen molar-refractivity contribution >= 4 is 5.78 Å². The number of hydrogen-bond acceptors (Lipinski definition) is 4. The van der Waals surface area contributed by atoms with E-state index in [1.54, 1.807) is 6.92 Å². The molecular weight excluding hydrogens is 220 g/mol. The van der Waals surface area contributed by atoms with E-state index in [2.05, 4.69) is 4.98 Å². The average molecular weight is 238 g/mol. The van der Waals surface area contributed by atoms with Crippen LogP contribution in [-0.2, 0) is 11.3 Å². The Kier molecular flexibility index (Phi) is 4.43. The second-order valence-electron chi connectivity index (χ2n) is 4.08. The number of carbonyl (C=O) groups is 1. The van der Waals surface area contributed by atoms with Crippen LogP contribution in [0, 0.1) is 12.8 Å². The van der Waals surface area contributed by atoms with E-state index >= 15 is 0 Å². The predicted molar refractivity (Wildman–Crippen MR) is 64.2 cm³/mol. The molecule has 0 aliphatic carbocycles. The summed E-state index contributed by atoms with van der Waals surface area (Å²) in [5, 5.41) is 0. The van der Waals surface area contributed by atoms with Gasteiger partial charge in [0.2, 0.25) is 0 Å². The molecule has 5 nitrogen and oxygen atoms in total. The Morgan fingerprint density at radius 3 is 2.76 bits per heavy atom. The van der Waals surface area contributed by atoms with E-state index in [4.69, 9.17) is 4.74 Å². The fourth-order valence-electron chi connectivity index (χ4n) is 1.44. The number of nitrogens with zero attached hydrogens (tertiary/aromatic N) is 2. The lowest BCUT2D eigenvalue weighted by Crippen LogP contribution is -2.28. The highest BCUT2D eigenvalue weighted by molar-refractivity contribution is 5.80. The molecule has 1 aromatic heterocycles. The second kappa shape index (κ2) is 5.61. The van der Waals surface area contributed by atoms with Crippen molar-refractivity contribution in [3.8, 4) is 6.01 Å². The molecule has 5 heteroatoms. The van der Waals surface area contributed by atoms with Gasteiger partial charge in [0, 0.05) is 17.7 Å². The molecular formula is C12H18N2O3. The Balaban J connectivity index is 3.06. The Labute approximate surface area is 100 Å². The van der Waals surface area contributed by atoms with E-state index in [0.717, 1.165) is 6.42 Å². The lowest BCUT2D eigenvalue weighted by Gasteiger charge is -2.12. The predicted octanol–water partition coefficient (Wildman–Crippen LogP) is 1.18. The van der Waals surface area contributed by atoms with Crippen molar-refractivity contribution in [1.29, 1.82) is 0 Å². The number of hydrogen-bond donors (Lipinski definition) is 0. The molecule has 1 unspecified atom stereocenters. The summed E-state index contributed by atoms with van der Waals surface area (Å²) in [4.78, 5) is 27.6. The number of aryl methyl sites for hydroxylation is 1. The molecule has 0 bridgehead atoms. The molecule has 0 aromatic carbocycles. The Hall–Kier alpha value is -1.65. The summed E-state index contributed by atoms with van der Waals surface area (Å²) in [5.41, 5.74) is 0.324. The lowest BCUT2D eigenvalue weighted by molar-refractivity contribution is -0.123. The third-order valence-corrected chi connectivity index (χ3v) is 2.76. The van der Waals surface area contributed by atoms with E-state index < -0.39 is 0 Å². The summed E-state index contributed by atoms with van der Waals surface area (Å²) in [6.07, 6.45) is 0.759. The van der Waals surface area contributed by atoms with Crippen molar-refractivity contribution < 1.29 is 9.53 Å². The number of ketones is 1. The van der Waals surface area contributed by atoms with Crippen molar-refractivity contribution in [3.05, 3.63) is 22.1 Å². The lowest BCUT2D eigenvalue weighted by atomic mass is 10.0. The molecule has 0 amide bonds. The molecule has 0 N–H and O–H groups in total. The second-order valence-corrected chi connectivity index (χ2v) is 4.08. The van der Waals surface area contributed by atoms with Gasteiger partial charge in [-0.25, -0.2) is 4.98 Å². The molecule has 1 rings (SSSR count). The highest BCUT2D eigenvalue weighted by atomic mass is 16.5. The first-order valence-electron chi connectivity index (χ1n) is 5.64. The molecule has 1 aromatic rings. The zero-order valence-electron chi connectivity index (χ0n) is 10.7. The first-order valence-corrected chi connectivity index (χ1v) is 5.64. The van der Waals surface area contributed by atoms with Gasteiger partial charge in [0.1, 0.15) is 0 Å². The fraction of sp³-hybridized carbons (Fsp3) is 0.583. The van der Waals surface area contributed by atoms with Crippen LogP contribution in [0.5, 0.6) is 6.01 Å². The molecule has 0 fully saturated rings. The van der Waals surface area contributed by atoms with Crippen LogP contribution in [0.4, 0.5) is 0 Å². The van der Waals surface area contributed by atoms with Crippen molar-refractivity contribution in [2.75, 3.05) is 7.11 Å². The van der Waals surface area contributed by atoms with Crippen LogP contribution in [0.25, 0.3) is 0 Å². The van der Waals surface area contributed by atoms with Gasteiger partial charge in [-0.3, -0.25) is 14.2 Å². The molecule has 0 saturated carbocycles. The highest BCUT2D eigenvalue weighted by Crippen LogP contribution is 2.08. The van der Waals surface area contributed by atoms with Gasteiger partial charge >= 0.3 is 0 Å². The monoisotopic (exact) mass is 238 g/mol. The van der Waals surface area contributed by atoms with Gasteiger partial charge in [0.25, 0.3) is 11.6 Å². The van der Waals surface area contributed by atoms with Gasteiger partial charge in [-0.1, -0.05) is 13.8 Å². The van der Waals surface area contributed by atoms with Crippen LogP contribution in [0.3, 0.4) is 0 Å². The molecule has 17 heavy (non-hydrogen) atoms. The maximum Gasteiger partial charge on any atom is 0.299 e. The smallest absolute Gasteiger partial charge is 0.299 e. The maximum atomic E-state index is 11.8. The van der Waals surface area contributed by atoms with Crippen LogP contribution in [-0.4, -0.2) is 22.4 Å². The third-order valence-electron chi connectivity index (χ3n) is 2.76. The van der Waals surface area contributed by atoms with E-state index in [1.165, 1.54) is 17.7 Å². The zero-order valence-corrected chi connectivity index (χ0v) is 10.7. The van der Waals surface area contributed by atoms with Gasteiger partial charge in [-0.2, -0.15) is 0 Å². The third kappa shape index (κ3) is 3.15. The van der Waals surface area contributed by atoms with Gasteiger partial charge in [-0.15, -0.1) is 0 Å². The maximum absolute atomic E-state index is 11.8. The summed E-state index contributed by atoms with van der Waals surface area (Å²) in [6, 6.07) is 1.58. The van der Waals surface area contributed by atoms with Crippen molar-refractivity contribution in [2.24, 2.45) is 5.92 Å². The van der Waals surface area contributed by atoms with Crippen LogP contribution in [0.2, 0.25) is 0 Å². The molecule has 0 aliphatic heterocycles. The number of methoxy groups -OCH3 is 1. The Morgan fingerprint density at radius 2 is 2.24 bits per heavy atom. The van der Waals surface area contributed by atoms with Gasteiger partial charge < -0.3 is 4.74 Å². The molecule has 0 saturated heterocycles. The number of carbonyl (C=O) groups excluding carboxylic acids is 1. The molecule has 0 aliphatic rings. The fourth-order valence-corrected chi connectivity index (χ4v) is 1.44. The van der Waals surface area contributed by atoms with Crippen LogP contribution in [0.15, 0.2) is 10.9 Å². The molecule has 1 atom stereocenters. The van der Waals surface area contributed by atoms with Crippen molar-refractivity contribution in [1.82, 2.24) is 9.55 Å². The minimum Gasteiger partial charge on any atom is -0.468 e. The summed E-state index contributed by atoms with van der Waals surface area (Å²) in [7, 11) is 1.44. The quantitative estimate of drug-likeness (QED) is 0.772. The normalized spacial score (nSPS) is 12.2. The number of aromatic nitrogens is 2. The van der Waals surface area contributed by atoms with Crippen molar-refractivity contribution in [3.63, 3.8) is 0 Å². The Bertz CT molecular complexity index is 465. The van der Waals surface area contributed by atoms with Gasteiger partial charge in [-0.05, 0) is 13.3 Å². The van der Waals surface area contributed by atoms with Crippen LogP contribution in [0.1, 0.15) is 26.0 Å². The Morgan fingerprint density at radius 1 is 1.59 bits per heavy atom. The van der Waals surface area contributed by atoms with E-state index in [-0.39, 0.29) is 29.8 Å². The summed E-state index contributed by atoms with van der Waals surface area (Å²) >= 11 is 0. The first-order chi connectivity index (χ1) is 7.99. The van der Waals surface area contributed by atoms with E-state index in [1.807, 2.05) is 13.8 Å². The molecule has 94 valence electrons. The minimum atomic E-state index is -0.258. The highest BCUT2D eigenvalue weighted by Gasteiger charge is 2.15. The molecule has 0 radical (unpaired) electrons. The zero-order chi connectivity index (χ0) is 13.0. The number of Topliss-reactive ketones (excluding diaryl/α,β-unsaturated/α-hetero) is 1. The standard InChI is InChI=1S/C12H18N2O3/c1-5-8(2)10(15)7-14-11(16)6-9(3)13-12(14)17-4/h6,8H,5,7H2,1-4H3. The first kappa shape index (κ1) is 13.4. The van der Waals surface area contributed by atoms with E-state index in [0.29, 0.717) is 5.69 Å². The molecule has 1 heterocycles. The van der Waals surface area contributed by atoms with E-state index in [9.17, 15) is 9.59 Å². The topological polar surface area (TPSA) is 61.2 Å². The van der Waals surface area contributed by atoms with Crippen LogP contribution < -0.4 is 10.3 Å². The minimum absolute atomic E-state index is 0.0125. The summed E-state index contributed by atoms with van der Waals surface area (Å²) < 4.78 is 6.29. The largest absolute Gasteiger partial charge is 0.468 e. The summed E-state index contributed by atoms with van der Waals surface area (Å²) in [6.45, 7) is 5.52. The number of rotatable bonds is 5. The average Bonchev–Trinajstić information content (AvgIpc) is 2.30. The summed E-state index contributed by atoms with van der Waals surface area (Å²) in [5.74, 6) is -0.0496. The van der Waals surface area contributed by atoms with Crippen molar-refractivity contribution in [2.45, 2.75) is 33.7 Å². The van der Waals surface area contributed by atoms with Crippen LogP contribution >= 0.6 is 0 Å². The van der Waals surface area contributed by atoms with Gasteiger partial charge in [0.15, 0.2) is 5.78 Å². The number of ether oxygens (including phenoxy) is 1. The molecule has 0 spiro atoms. The SMILES string of the molecule is CCC(C)C(=O)Cn1c(OC)nc(C)cc1=O.